The van der Waals surface area contributed by atoms with Gasteiger partial charge < -0.3 is 0 Å². The number of hydrogen-bond donors (Lipinski definition) is 0. The molecule has 2 nitrogen and oxygen atoms in total. The van der Waals surface area contributed by atoms with E-state index in [1.165, 1.54) is 41.9 Å². The van der Waals surface area contributed by atoms with Crippen LogP contribution in [0, 0.1) is 0 Å². The molecule has 1 heterocycles. The molecule has 0 saturated carbocycles. The molecule has 0 unspecified atom stereocenters. The number of unbranched alkanes of at least 4 members (excludes halogenated alkanes) is 4. The number of benzene rings is 2. The summed E-state index contributed by atoms with van der Waals surface area (Å²) in [5, 5.41) is 0.868. The fourth-order valence-electron chi connectivity index (χ4n) is 2.87. The van der Waals surface area contributed by atoms with Crippen LogP contribution in [-0.4, -0.2) is 18.3 Å². The van der Waals surface area contributed by atoms with Crippen LogP contribution in [0.4, 0.5) is 0 Å². The van der Waals surface area contributed by atoms with Gasteiger partial charge in [-0.05, 0) is 0 Å². The molecule has 23 heavy (non-hydrogen) atoms. The normalized spacial score (nSPS) is 11.2. The summed E-state index contributed by atoms with van der Waals surface area (Å²) in [5.41, 5.74) is 2.55. The van der Waals surface area contributed by atoms with Gasteiger partial charge in [0.2, 0.25) is 0 Å². The van der Waals surface area contributed by atoms with Crippen molar-refractivity contribution in [1.29, 1.82) is 0 Å². The van der Waals surface area contributed by atoms with Crippen LogP contribution < -0.4 is 5.56 Å². The number of rotatable bonds is 7. The first-order valence-corrected chi connectivity index (χ1v) is 10.1. The number of nitrogens with zero attached hydrogens (tertiary/aromatic N) is 1. The molecular weight excluding hydrogens is 349 g/mol. The van der Waals surface area contributed by atoms with E-state index in [4.69, 9.17) is 0 Å². The van der Waals surface area contributed by atoms with Crippen LogP contribution in [0.5, 0.6) is 0 Å². The summed E-state index contributed by atoms with van der Waals surface area (Å²) in [6.45, 7) is 2.25. The zero-order chi connectivity index (χ0) is 16.1. The summed E-state index contributed by atoms with van der Waals surface area (Å²) in [7, 11) is 0. The summed E-state index contributed by atoms with van der Waals surface area (Å²) in [5.74, 6) is 0. The Hall–Kier alpha value is -1.57. The average Bonchev–Trinajstić information content (AvgIpc) is 2.93. The van der Waals surface area contributed by atoms with Crippen molar-refractivity contribution in [2.75, 3.05) is 0 Å². The molecule has 0 spiro atoms. The number of aromatic nitrogens is 1. The fourth-order valence-corrected chi connectivity index (χ4v) is 4.97. The fraction of sp³-hybridized carbons (Fsp3) is 0.350. The molecule has 3 aromatic rings. The Bertz CT molecular complexity index is 814. The maximum atomic E-state index is 12.5. The van der Waals surface area contributed by atoms with Crippen molar-refractivity contribution in [2.45, 2.75) is 45.4 Å². The third kappa shape index (κ3) is 3.85. The van der Waals surface area contributed by atoms with E-state index in [1.807, 2.05) is 21.8 Å². The van der Waals surface area contributed by atoms with Crippen LogP contribution in [0.15, 0.2) is 53.3 Å². The van der Waals surface area contributed by atoms with Crippen LogP contribution in [0.25, 0.3) is 15.3 Å². The number of fused-ring (bicyclic) bond motifs is 1. The van der Waals surface area contributed by atoms with Crippen LogP contribution in [-0.2, 0) is 6.42 Å². The Labute approximate surface area is 143 Å². The van der Waals surface area contributed by atoms with Gasteiger partial charge in [-0.3, -0.25) is 0 Å². The van der Waals surface area contributed by atoms with E-state index in [-0.39, 0.29) is 20.3 Å². The van der Waals surface area contributed by atoms with Gasteiger partial charge in [-0.15, -0.1) is 0 Å². The Morgan fingerprint density at radius 2 is 1.65 bits per heavy atom. The molecule has 0 aliphatic carbocycles. The SMILES string of the molecule is CCCCCCCc1ccc(-n2[se]c3ccccc3c2=O)cc1. The van der Waals surface area contributed by atoms with Gasteiger partial charge in [0.25, 0.3) is 0 Å². The van der Waals surface area contributed by atoms with Crippen LogP contribution in [0.2, 0.25) is 0 Å². The zero-order valence-electron chi connectivity index (χ0n) is 13.6. The first-order valence-electron chi connectivity index (χ1n) is 8.50. The predicted octanol–water partition coefficient (Wildman–Crippen LogP) is 4.56. The zero-order valence-corrected chi connectivity index (χ0v) is 15.3. The van der Waals surface area contributed by atoms with Gasteiger partial charge in [0, 0.05) is 0 Å². The van der Waals surface area contributed by atoms with Gasteiger partial charge in [0.1, 0.15) is 0 Å². The summed E-state index contributed by atoms with van der Waals surface area (Å²) >= 11 is 0.0648. The molecule has 120 valence electrons. The van der Waals surface area contributed by atoms with E-state index in [2.05, 4.69) is 37.3 Å². The van der Waals surface area contributed by atoms with Crippen molar-refractivity contribution in [1.82, 2.24) is 3.56 Å². The molecule has 0 aliphatic rings. The van der Waals surface area contributed by atoms with Gasteiger partial charge in [-0.25, -0.2) is 0 Å². The Kier molecular flexibility index (Phi) is 5.53. The molecule has 2 aromatic carbocycles. The quantitative estimate of drug-likeness (QED) is 0.440. The average molecular weight is 372 g/mol. The van der Waals surface area contributed by atoms with Gasteiger partial charge in [0.15, 0.2) is 0 Å². The molecular formula is C20H23NOSe. The Balaban J connectivity index is 1.71. The van der Waals surface area contributed by atoms with Crippen molar-refractivity contribution in [3.8, 4) is 5.69 Å². The molecule has 0 saturated heterocycles. The second-order valence-electron chi connectivity index (χ2n) is 6.02. The van der Waals surface area contributed by atoms with E-state index in [0.29, 0.717) is 0 Å². The number of hydrogen-bond acceptors (Lipinski definition) is 1. The second kappa shape index (κ2) is 7.81. The van der Waals surface area contributed by atoms with Crippen molar-refractivity contribution >= 4 is 24.4 Å². The van der Waals surface area contributed by atoms with Crippen molar-refractivity contribution in [3.63, 3.8) is 0 Å². The van der Waals surface area contributed by atoms with Crippen LogP contribution in [0.3, 0.4) is 0 Å². The van der Waals surface area contributed by atoms with Gasteiger partial charge >= 0.3 is 144 Å². The topological polar surface area (TPSA) is 22.0 Å². The third-order valence-corrected chi connectivity index (χ3v) is 6.56. The van der Waals surface area contributed by atoms with Crippen LogP contribution >= 0.6 is 0 Å². The minimum absolute atomic E-state index is 0.0648. The molecule has 0 bridgehead atoms. The summed E-state index contributed by atoms with van der Waals surface area (Å²) in [6.07, 6.45) is 7.71. The summed E-state index contributed by atoms with van der Waals surface area (Å²) in [6, 6.07) is 16.5. The van der Waals surface area contributed by atoms with E-state index < -0.39 is 0 Å². The Morgan fingerprint density at radius 3 is 2.39 bits per heavy atom. The monoisotopic (exact) mass is 373 g/mol. The second-order valence-corrected chi connectivity index (χ2v) is 8.09. The van der Waals surface area contributed by atoms with E-state index >= 15 is 0 Å². The van der Waals surface area contributed by atoms with Gasteiger partial charge in [-0.2, -0.15) is 0 Å². The van der Waals surface area contributed by atoms with E-state index in [0.717, 1.165) is 17.5 Å². The van der Waals surface area contributed by atoms with Crippen molar-refractivity contribution in [3.05, 3.63) is 64.4 Å². The first-order chi connectivity index (χ1) is 11.3. The Morgan fingerprint density at radius 1 is 0.913 bits per heavy atom. The predicted molar refractivity (Wildman–Crippen MR) is 98.9 cm³/mol. The van der Waals surface area contributed by atoms with Crippen LogP contribution in [0.1, 0.15) is 44.6 Å². The molecule has 1 aromatic heterocycles. The number of aryl methyl sites for hydroxylation is 1. The third-order valence-electron chi connectivity index (χ3n) is 4.23. The molecule has 0 aliphatic heterocycles. The van der Waals surface area contributed by atoms with Gasteiger partial charge in [-0.1, -0.05) is 0 Å². The summed E-state index contributed by atoms with van der Waals surface area (Å²) < 4.78 is 3.12. The van der Waals surface area contributed by atoms with E-state index in [9.17, 15) is 4.79 Å². The van der Waals surface area contributed by atoms with Crippen molar-refractivity contribution < 1.29 is 0 Å². The van der Waals surface area contributed by atoms with Gasteiger partial charge in [0.05, 0.1) is 0 Å². The first kappa shape index (κ1) is 16.3. The molecule has 0 fully saturated rings. The molecule has 3 heteroatoms. The molecule has 0 radical (unpaired) electrons. The summed E-state index contributed by atoms with van der Waals surface area (Å²) in [4.78, 5) is 12.5. The minimum atomic E-state index is 0.0648. The maximum absolute atomic E-state index is 12.5. The molecule has 0 amide bonds. The molecule has 3 rings (SSSR count). The standard InChI is InChI=1S/C20H23NOSe/c1-2-3-4-5-6-9-16-12-14-17(15-13-16)21-20(22)18-10-7-8-11-19(18)23-21/h7-8,10-15H,2-6,9H2,1H3. The molecule has 0 N–H and O–H groups in total. The van der Waals surface area contributed by atoms with E-state index in [1.54, 1.807) is 0 Å². The molecule has 0 atom stereocenters. The van der Waals surface area contributed by atoms with Crippen molar-refractivity contribution in [2.24, 2.45) is 0 Å².